The quantitative estimate of drug-likeness (QED) is 0.772. The van der Waals surface area contributed by atoms with Gasteiger partial charge >= 0.3 is 0 Å². The molecule has 84 valence electrons. The first kappa shape index (κ1) is 11.0. The fourth-order valence-electron chi connectivity index (χ4n) is 1.16. The van der Waals surface area contributed by atoms with E-state index in [1.165, 1.54) is 28.4 Å². The fourth-order valence-corrected chi connectivity index (χ4v) is 2.37. The maximum atomic E-state index is 11.2. The van der Waals surface area contributed by atoms with Gasteiger partial charge in [-0.1, -0.05) is 0 Å². The van der Waals surface area contributed by atoms with Crippen LogP contribution in [0.5, 0.6) is 0 Å². The van der Waals surface area contributed by atoms with Crippen molar-refractivity contribution >= 4 is 27.5 Å². The molecule has 0 aliphatic rings. The van der Waals surface area contributed by atoms with Crippen LogP contribution in [0, 0.1) is 0 Å². The van der Waals surface area contributed by atoms with Gasteiger partial charge in [-0.05, 0) is 6.07 Å². The molecule has 0 bridgehead atoms. The van der Waals surface area contributed by atoms with Crippen molar-refractivity contribution in [3.05, 3.63) is 28.7 Å². The zero-order valence-corrected chi connectivity index (χ0v) is 9.96. The van der Waals surface area contributed by atoms with Gasteiger partial charge in [-0.2, -0.15) is 5.10 Å². The molecule has 2 aromatic rings. The SMILES string of the molecule is CS(=O)(=O)c1cnn(-c2csc(C=O)c2)c1. The molecule has 7 heteroatoms. The van der Waals surface area contributed by atoms with Crippen molar-refractivity contribution in [2.45, 2.75) is 4.90 Å². The number of thiophene rings is 1. The molecule has 0 atom stereocenters. The van der Waals surface area contributed by atoms with Gasteiger partial charge in [0.1, 0.15) is 4.90 Å². The Hall–Kier alpha value is -1.47. The topological polar surface area (TPSA) is 69.0 Å². The summed E-state index contributed by atoms with van der Waals surface area (Å²) in [5, 5.41) is 5.67. The molecule has 0 aromatic carbocycles. The lowest BCUT2D eigenvalue weighted by Gasteiger charge is -1.94. The molecule has 0 aliphatic heterocycles. The number of hydrogen-bond acceptors (Lipinski definition) is 5. The van der Waals surface area contributed by atoms with Crippen LogP contribution in [-0.2, 0) is 9.84 Å². The normalized spacial score (nSPS) is 11.6. The van der Waals surface area contributed by atoms with Gasteiger partial charge < -0.3 is 0 Å². The molecular formula is C9H8N2O3S2. The molecule has 2 rings (SSSR count). The number of rotatable bonds is 3. The summed E-state index contributed by atoms with van der Waals surface area (Å²) in [5.41, 5.74) is 0.682. The van der Waals surface area contributed by atoms with Gasteiger partial charge in [0.25, 0.3) is 0 Å². The van der Waals surface area contributed by atoms with Crippen molar-refractivity contribution in [3.63, 3.8) is 0 Å². The Bertz CT molecular complexity index is 625. The summed E-state index contributed by atoms with van der Waals surface area (Å²) in [4.78, 5) is 11.2. The van der Waals surface area contributed by atoms with E-state index in [9.17, 15) is 13.2 Å². The van der Waals surface area contributed by atoms with Crippen molar-refractivity contribution < 1.29 is 13.2 Å². The summed E-state index contributed by atoms with van der Waals surface area (Å²) in [6.45, 7) is 0. The smallest absolute Gasteiger partial charge is 0.178 e. The lowest BCUT2D eigenvalue weighted by Crippen LogP contribution is -1.95. The van der Waals surface area contributed by atoms with E-state index in [1.807, 2.05) is 0 Å². The second-order valence-electron chi connectivity index (χ2n) is 3.22. The number of aromatic nitrogens is 2. The number of hydrogen-bond donors (Lipinski definition) is 0. The molecular weight excluding hydrogens is 248 g/mol. The molecule has 2 heterocycles. The first-order valence-corrected chi connectivity index (χ1v) is 7.06. The predicted octanol–water partition coefficient (Wildman–Crippen LogP) is 1.15. The molecule has 5 nitrogen and oxygen atoms in total. The second-order valence-corrected chi connectivity index (χ2v) is 6.18. The first-order valence-electron chi connectivity index (χ1n) is 4.29. The Morgan fingerprint density at radius 1 is 1.50 bits per heavy atom. The summed E-state index contributed by atoms with van der Waals surface area (Å²) in [6.07, 6.45) is 4.58. The van der Waals surface area contributed by atoms with E-state index in [0.717, 1.165) is 12.5 Å². The molecule has 0 fully saturated rings. The van der Waals surface area contributed by atoms with Crippen molar-refractivity contribution in [1.29, 1.82) is 0 Å². The van der Waals surface area contributed by atoms with Crippen molar-refractivity contribution in [2.75, 3.05) is 6.26 Å². The largest absolute Gasteiger partial charge is 0.297 e. The summed E-state index contributed by atoms with van der Waals surface area (Å²) in [5.74, 6) is 0. The fraction of sp³-hybridized carbons (Fsp3) is 0.111. The summed E-state index contributed by atoms with van der Waals surface area (Å²) in [7, 11) is -3.24. The number of nitrogens with zero attached hydrogens (tertiary/aromatic N) is 2. The Morgan fingerprint density at radius 3 is 2.75 bits per heavy atom. The van der Waals surface area contributed by atoms with E-state index in [2.05, 4.69) is 5.10 Å². The zero-order chi connectivity index (χ0) is 11.8. The minimum absolute atomic E-state index is 0.159. The summed E-state index contributed by atoms with van der Waals surface area (Å²) in [6, 6.07) is 1.65. The van der Waals surface area contributed by atoms with Crippen LogP contribution in [0.2, 0.25) is 0 Å². The molecule has 0 saturated carbocycles. The second kappa shape index (κ2) is 3.84. The van der Waals surface area contributed by atoms with Gasteiger partial charge in [-0.3, -0.25) is 4.79 Å². The highest BCUT2D eigenvalue weighted by atomic mass is 32.2. The average molecular weight is 256 g/mol. The van der Waals surface area contributed by atoms with Crippen LogP contribution in [0.3, 0.4) is 0 Å². The molecule has 0 radical (unpaired) electrons. The molecule has 0 unspecified atom stereocenters. The standard InChI is InChI=1S/C9H8N2O3S2/c1-16(13,14)9-3-10-11(4-9)7-2-8(5-12)15-6-7/h2-6H,1H3. The van der Waals surface area contributed by atoms with Gasteiger partial charge in [0.05, 0.1) is 16.8 Å². The van der Waals surface area contributed by atoms with Gasteiger partial charge in [-0.25, -0.2) is 13.1 Å². The monoisotopic (exact) mass is 256 g/mol. The Morgan fingerprint density at radius 2 is 2.25 bits per heavy atom. The third-order valence-corrected chi connectivity index (χ3v) is 3.89. The van der Waals surface area contributed by atoms with Crippen LogP contribution < -0.4 is 0 Å². The maximum absolute atomic E-state index is 11.2. The summed E-state index contributed by atoms with van der Waals surface area (Å²) >= 11 is 1.28. The lowest BCUT2D eigenvalue weighted by atomic mass is 10.4. The predicted molar refractivity (Wildman–Crippen MR) is 59.9 cm³/mol. The van der Waals surface area contributed by atoms with Gasteiger partial charge in [0.15, 0.2) is 16.1 Å². The van der Waals surface area contributed by atoms with Crippen LogP contribution in [0.1, 0.15) is 9.67 Å². The van der Waals surface area contributed by atoms with E-state index in [0.29, 0.717) is 10.6 Å². The number of sulfone groups is 1. The molecule has 0 amide bonds. The van der Waals surface area contributed by atoms with Crippen molar-refractivity contribution in [1.82, 2.24) is 9.78 Å². The Balaban J connectivity index is 2.42. The molecule has 0 spiro atoms. The van der Waals surface area contributed by atoms with Gasteiger partial charge in [-0.15, -0.1) is 11.3 Å². The third kappa shape index (κ3) is 2.05. The van der Waals surface area contributed by atoms with Crippen molar-refractivity contribution in [3.8, 4) is 5.69 Å². The van der Waals surface area contributed by atoms with Crippen LogP contribution in [0.25, 0.3) is 5.69 Å². The average Bonchev–Trinajstić information content (AvgIpc) is 2.85. The van der Waals surface area contributed by atoms with E-state index in [1.54, 1.807) is 11.4 Å². The third-order valence-electron chi connectivity index (χ3n) is 1.97. The number of carbonyl (C=O) groups excluding carboxylic acids is 1. The Kier molecular flexibility index (Phi) is 2.64. The van der Waals surface area contributed by atoms with Crippen LogP contribution in [0.15, 0.2) is 28.7 Å². The first-order chi connectivity index (χ1) is 7.50. The van der Waals surface area contributed by atoms with E-state index in [4.69, 9.17) is 0 Å². The highest BCUT2D eigenvalue weighted by Crippen LogP contribution is 2.17. The lowest BCUT2D eigenvalue weighted by molar-refractivity contribution is 0.112. The molecule has 0 aliphatic carbocycles. The maximum Gasteiger partial charge on any atom is 0.178 e. The molecule has 0 N–H and O–H groups in total. The van der Waals surface area contributed by atoms with E-state index >= 15 is 0 Å². The van der Waals surface area contributed by atoms with E-state index in [-0.39, 0.29) is 4.90 Å². The summed E-state index contributed by atoms with van der Waals surface area (Å²) < 4.78 is 23.9. The van der Waals surface area contributed by atoms with Crippen molar-refractivity contribution in [2.24, 2.45) is 0 Å². The highest BCUT2D eigenvalue weighted by Gasteiger charge is 2.11. The van der Waals surface area contributed by atoms with E-state index < -0.39 is 9.84 Å². The number of aldehydes is 1. The van der Waals surface area contributed by atoms with Crippen LogP contribution >= 0.6 is 11.3 Å². The van der Waals surface area contributed by atoms with Gasteiger partial charge in [0, 0.05) is 17.8 Å². The zero-order valence-electron chi connectivity index (χ0n) is 8.32. The number of carbonyl (C=O) groups is 1. The highest BCUT2D eigenvalue weighted by molar-refractivity contribution is 7.90. The molecule has 0 saturated heterocycles. The van der Waals surface area contributed by atoms with Crippen LogP contribution in [-0.4, -0.2) is 30.7 Å². The molecule has 2 aromatic heterocycles. The van der Waals surface area contributed by atoms with Crippen LogP contribution in [0.4, 0.5) is 0 Å². The minimum Gasteiger partial charge on any atom is -0.297 e. The Labute approximate surface area is 96.3 Å². The van der Waals surface area contributed by atoms with Gasteiger partial charge in [0.2, 0.25) is 0 Å². The molecule has 16 heavy (non-hydrogen) atoms. The minimum atomic E-state index is -3.24.